The summed E-state index contributed by atoms with van der Waals surface area (Å²) in [5.41, 5.74) is 0.722. The number of rotatable bonds is 5. The molecule has 2 aromatic carbocycles. The Kier molecular flexibility index (Phi) is 5.76. The van der Waals surface area contributed by atoms with Gasteiger partial charge in [-0.1, -0.05) is 17.7 Å². The molecule has 0 aliphatic carbocycles. The Morgan fingerprint density at radius 3 is 2.64 bits per heavy atom. The summed E-state index contributed by atoms with van der Waals surface area (Å²) < 4.78 is 25.3. The van der Waals surface area contributed by atoms with Crippen molar-refractivity contribution in [3.05, 3.63) is 53.1 Å². The largest absolute Gasteiger partial charge is 0.506 e. The van der Waals surface area contributed by atoms with E-state index in [1.165, 1.54) is 28.6 Å². The number of hydrogen-bond acceptors (Lipinski definition) is 5. The van der Waals surface area contributed by atoms with Gasteiger partial charge < -0.3 is 15.7 Å². The van der Waals surface area contributed by atoms with Gasteiger partial charge in [0, 0.05) is 17.1 Å². The molecule has 2 aromatic rings. The van der Waals surface area contributed by atoms with Crippen molar-refractivity contribution in [2.75, 3.05) is 28.5 Å². The molecule has 0 radical (unpaired) electrons. The fourth-order valence-corrected chi connectivity index (χ4v) is 4.54. The summed E-state index contributed by atoms with van der Waals surface area (Å²) in [6.45, 7) is 0.00716. The lowest BCUT2D eigenvalue weighted by Crippen LogP contribution is -2.33. The zero-order valence-electron chi connectivity index (χ0n) is 14.7. The Hall–Kier alpha value is -2.78. The van der Waals surface area contributed by atoms with Gasteiger partial charge in [0.25, 0.3) is 5.91 Å². The summed E-state index contributed by atoms with van der Waals surface area (Å²) >= 11 is 5.83. The van der Waals surface area contributed by atoms with E-state index in [1.807, 2.05) is 0 Å². The number of phenolic OH excluding ortho intramolecular Hbond substituents is 1. The maximum absolute atomic E-state index is 12.1. The first-order valence-corrected chi connectivity index (χ1v) is 10.4. The fraction of sp³-hybridized carbons (Fsp3) is 0.222. The lowest BCUT2D eigenvalue weighted by Gasteiger charge is -2.18. The SMILES string of the molecule is O=C(CNC(=O)c1cccc(Cl)c1)Nc1cc(N2CCCS2(=O)=O)ccc1O. The number of carbonyl (C=O) groups excluding carboxylic acids is 2. The van der Waals surface area contributed by atoms with E-state index < -0.39 is 21.8 Å². The van der Waals surface area contributed by atoms with E-state index in [4.69, 9.17) is 11.6 Å². The van der Waals surface area contributed by atoms with E-state index in [0.717, 1.165) is 0 Å². The van der Waals surface area contributed by atoms with E-state index in [2.05, 4.69) is 10.6 Å². The Morgan fingerprint density at radius 1 is 1.18 bits per heavy atom. The standard InChI is InChI=1S/C18H18ClN3O5S/c19-13-4-1-3-12(9-13)18(25)20-11-17(24)21-15-10-14(5-6-16(15)23)22-7-2-8-28(22,26)27/h1,3-6,9-10,23H,2,7-8,11H2,(H,20,25)(H,21,24). The Labute approximate surface area is 167 Å². The van der Waals surface area contributed by atoms with Gasteiger partial charge in [0.1, 0.15) is 5.75 Å². The van der Waals surface area contributed by atoms with Crippen LogP contribution in [0.2, 0.25) is 5.02 Å². The van der Waals surface area contributed by atoms with Gasteiger partial charge >= 0.3 is 0 Å². The molecule has 0 aromatic heterocycles. The Bertz CT molecular complexity index is 1030. The molecular weight excluding hydrogens is 406 g/mol. The van der Waals surface area contributed by atoms with Crippen molar-refractivity contribution in [3.8, 4) is 5.75 Å². The molecular formula is C18H18ClN3O5S. The fourth-order valence-electron chi connectivity index (χ4n) is 2.80. The number of aromatic hydroxyl groups is 1. The first-order valence-electron chi connectivity index (χ1n) is 8.43. The lowest BCUT2D eigenvalue weighted by atomic mass is 10.2. The van der Waals surface area contributed by atoms with Gasteiger partial charge in [-0.05, 0) is 42.8 Å². The number of halogens is 1. The number of nitrogens with zero attached hydrogens (tertiary/aromatic N) is 1. The van der Waals surface area contributed by atoms with Crippen LogP contribution in [0.4, 0.5) is 11.4 Å². The molecule has 1 aliphatic rings. The molecule has 1 heterocycles. The molecule has 8 nitrogen and oxygen atoms in total. The van der Waals surface area contributed by atoms with Gasteiger partial charge in [-0.15, -0.1) is 0 Å². The molecule has 148 valence electrons. The van der Waals surface area contributed by atoms with E-state index >= 15 is 0 Å². The van der Waals surface area contributed by atoms with E-state index in [-0.39, 0.29) is 23.7 Å². The maximum atomic E-state index is 12.1. The van der Waals surface area contributed by atoms with Crippen LogP contribution in [0, 0.1) is 0 Å². The third kappa shape index (κ3) is 4.55. The molecule has 1 aliphatic heterocycles. The quantitative estimate of drug-likeness (QED) is 0.636. The first-order chi connectivity index (χ1) is 13.3. The third-order valence-corrected chi connectivity index (χ3v) is 6.24. The molecule has 1 fully saturated rings. The second-order valence-electron chi connectivity index (χ2n) is 6.18. The average Bonchev–Trinajstić information content (AvgIpc) is 3.00. The molecule has 0 atom stereocenters. The highest BCUT2D eigenvalue weighted by Crippen LogP contribution is 2.31. The number of carbonyl (C=O) groups is 2. The average molecular weight is 424 g/mol. The summed E-state index contributed by atoms with van der Waals surface area (Å²) in [6, 6.07) is 10.4. The zero-order chi connectivity index (χ0) is 20.3. The number of amides is 2. The molecule has 0 bridgehead atoms. The normalized spacial score (nSPS) is 15.2. The molecule has 2 amide bonds. The summed E-state index contributed by atoms with van der Waals surface area (Å²) in [5, 5.41) is 15.3. The summed E-state index contributed by atoms with van der Waals surface area (Å²) in [5.74, 6) is -1.20. The van der Waals surface area contributed by atoms with Crippen LogP contribution in [-0.4, -0.2) is 44.2 Å². The van der Waals surface area contributed by atoms with Gasteiger partial charge in [-0.3, -0.25) is 13.9 Å². The summed E-state index contributed by atoms with van der Waals surface area (Å²) in [6.07, 6.45) is 0.514. The van der Waals surface area contributed by atoms with Crippen LogP contribution in [-0.2, 0) is 14.8 Å². The molecule has 3 N–H and O–H groups in total. The number of nitrogens with one attached hydrogen (secondary N) is 2. The van der Waals surface area contributed by atoms with Crippen molar-refractivity contribution in [1.29, 1.82) is 0 Å². The van der Waals surface area contributed by atoms with Crippen molar-refractivity contribution < 1.29 is 23.1 Å². The second-order valence-corrected chi connectivity index (χ2v) is 8.63. The van der Waals surface area contributed by atoms with Gasteiger partial charge in [0.05, 0.1) is 23.7 Å². The van der Waals surface area contributed by atoms with Crippen LogP contribution >= 0.6 is 11.6 Å². The second kappa shape index (κ2) is 8.07. The highest BCUT2D eigenvalue weighted by atomic mass is 35.5. The number of hydrogen-bond donors (Lipinski definition) is 3. The maximum Gasteiger partial charge on any atom is 0.251 e. The highest BCUT2D eigenvalue weighted by Gasteiger charge is 2.28. The van der Waals surface area contributed by atoms with Crippen LogP contribution in [0.1, 0.15) is 16.8 Å². The minimum Gasteiger partial charge on any atom is -0.506 e. The minimum atomic E-state index is -3.38. The van der Waals surface area contributed by atoms with Gasteiger partial charge in [0.15, 0.2) is 0 Å². The summed E-state index contributed by atoms with van der Waals surface area (Å²) in [4.78, 5) is 24.2. The minimum absolute atomic E-state index is 0.0570. The molecule has 0 spiro atoms. The predicted octanol–water partition coefficient (Wildman–Crippen LogP) is 1.95. The smallest absolute Gasteiger partial charge is 0.251 e. The van der Waals surface area contributed by atoms with Crippen molar-refractivity contribution in [3.63, 3.8) is 0 Å². The van der Waals surface area contributed by atoms with Crippen LogP contribution < -0.4 is 14.9 Å². The molecule has 10 heteroatoms. The van der Waals surface area contributed by atoms with Crippen LogP contribution in [0.25, 0.3) is 0 Å². The summed E-state index contributed by atoms with van der Waals surface area (Å²) in [7, 11) is -3.38. The van der Waals surface area contributed by atoms with E-state index in [9.17, 15) is 23.1 Å². The lowest BCUT2D eigenvalue weighted by molar-refractivity contribution is -0.115. The molecule has 0 saturated carbocycles. The number of phenols is 1. The third-order valence-electron chi connectivity index (χ3n) is 4.14. The van der Waals surface area contributed by atoms with Gasteiger partial charge in [-0.25, -0.2) is 8.42 Å². The van der Waals surface area contributed by atoms with Crippen molar-refractivity contribution in [2.45, 2.75) is 6.42 Å². The van der Waals surface area contributed by atoms with Crippen LogP contribution in [0.15, 0.2) is 42.5 Å². The molecule has 28 heavy (non-hydrogen) atoms. The van der Waals surface area contributed by atoms with Crippen LogP contribution in [0.5, 0.6) is 5.75 Å². The van der Waals surface area contributed by atoms with Gasteiger partial charge in [-0.2, -0.15) is 0 Å². The number of anilines is 2. The van der Waals surface area contributed by atoms with E-state index in [1.54, 1.807) is 18.2 Å². The van der Waals surface area contributed by atoms with Crippen molar-refractivity contribution >= 4 is 44.8 Å². The Balaban J connectivity index is 1.65. The number of benzene rings is 2. The Morgan fingerprint density at radius 2 is 1.96 bits per heavy atom. The molecule has 1 saturated heterocycles. The monoisotopic (exact) mass is 423 g/mol. The first kappa shape index (κ1) is 20.0. The van der Waals surface area contributed by atoms with Crippen molar-refractivity contribution in [2.24, 2.45) is 0 Å². The number of sulfonamides is 1. The predicted molar refractivity (Wildman–Crippen MR) is 106 cm³/mol. The van der Waals surface area contributed by atoms with Gasteiger partial charge in [0.2, 0.25) is 15.9 Å². The van der Waals surface area contributed by atoms with Crippen molar-refractivity contribution in [1.82, 2.24) is 5.32 Å². The topological polar surface area (TPSA) is 116 Å². The zero-order valence-corrected chi connectivity index (χ0v) is 16.3. The molecule has 3 rings (SSSR count). The van der Waals surface area contributed by atoms with E-state index in [0.29, 0.717) is 29.2 Å². The molecule has 0 unspecified atom stereocenters. The van der Waals surface area contributed by atoms with Crippen LogP contribution in [0.3, 0.4) is 0 Å². The highest BCUT2D eigenvalue weighted by molar-refractivity contribution is 7.93.